The fraction of sp³-hybridized carbons (Fsp3) is 0.615. The van der Waals surface area contributed by atoms with Crippen LogP contribution in [0.3, 0.4) is 0 Å². The molecular formula is C13H21ClN2O3S2. The first-order valence-corrected chi connectivity index (χ1v) is 9.35. The van der Waals surface area contributed by atoms with Crippen molar-refractivity contribution in [2.45, 2.75) is 30.9 Å². The number of hydrogen-bond donors (Lipinski definition) is 1. The van der Waals surface area contributed by atoms with E-state index < -0.39 is 10.0 Å². The molecule has 0 aliphatic carbocycles. The van der Waals surface area contributed by atoms with Crippen molar-refractivity contribution in [2.75, 3.05) is 20.1 Å². The number of carbonyl (C=O) groups is 1. The second-order valence-electron chi connectivity index (χ2n) is 5.21. The molecule has 0 aliphatic rings. The van der Waals surface area contributed by atoms with Crippen molar-refractivity contribution in [3.8, 4) is 0 Å². The topological polar surface area (TPSA) is 66.5 Å². The molecule has 120 valence electrons. The van der Waals surface area contributed by atoms with Gasteiger partial charge in [0, 0.05) is 13.6 Å². The third-order valence-electron chi connectivity index (χ3n) is 2.86. The van der Waals surface area contributed by atoms with Crippen LogP contribution in [0.2, 0.25) is 4.34 Å². The van der Waals surface area contributed by atoms with Crippen LogP contribution >= 0.6 is 22.9 Å². The summed E-state index contributed by atoms with van der Waals surface area (Å²) in [4.78, 5) is 11.7. The maximum Gasteiger partial charge on any atom is 0.252 e. The van der Waals surface area contributed by atoms with E-state index in [0.717, 1.165) is 28.5 Å². The second kappa shape index (κ2) is 8.12. The van der Waals surface area contributed by atoms with Crippen LogP contribution < -0.4 is 5.32 Å². The molecule has 0 atom stereocenters. The Morgan fingerprint density at radius 2 is 2.10 bits per heavy atom. The zero-order valence-electron chi connectivity index (χ0n) is 12.4. The lowest BCUT2D eigenvalue weighted by atomic mass is 10.1. The Kier molecular flexibility index (Phi) is 7.12. The van der Waals surface area contributed by atoms with Gasteiger partial charge in [0.25, 0.3) is 10.0 Å². The summed E-state index contributed by atoms with van der Waals surface area (Å²) in [6.45, 7) is 4.61. The molecule has 8 heteroatoms. The molecule has 0 bridgehead atoms. The lowest BCUT2D eigenvalue weighted by Gasteiger charge is -2.15. The SMILES string of the molecule is CC(C)CCCNC(=O)CN(C)S(=O)(=O)c1ccc(Cl)s1. The Bertz CT molecular complexity index is 570. The van der Waals surface area contributed by atoms with Gasteiger partial charge in [-0.05, 0) is 30.9 Å². The number of likely N-dealkylation sites (N-methyl/N-ethyl adjacent to an activating group) is 1. The highest BCUT2D eigenvalue weighted by Crippen LogP contribution is 2.27. The molecular weight excluding hydrogens is 332 g/mol. The van der Waals surface area contributed by atoms with Crippen LogP contribution in [0.15, 0.2) is 16.3 Å². The molecule has 1 N–H and O–H groups in total. The molecule has 0 saturated carbocycles. The minimum Gasteiger partial charge on any atom is -0.355 e. The summed E-state index contributed by atoms with van der Waals surface area (Å²) in [5.41, 5.74) is 0. The van der Waals surface area contributed by atoms with Crippen LogP contribution in [0.5, 0.6) is 0 Å². The van der Waals surface area contributed by atoms with E-state index in [0.29, 0.717) is 16.8 Å². The number of halogens is 1. The van der Waals surface area contributed by atoms with Gasteiger partial charge < -0.3 is 5.32 Å². The van der Waals surface area contributed by atoms with E-state index in [-0.39, 0.29) is 16.7 Å². The minimum absolute atomic E-state index is 0.141. The van der Waals surface area contributed by atoms with Crippen molar-refractivity contribution in [3.05, 3.63) is 16.5 Å². The molecule has 0 fully saturated rings. The number of sulfonamides is 1. The number of carbonyl (C=O) groups excluding carboxylic acids is 1. The number of rotatable bonds is 8. The van der Waals surface area contributed by atoms with Crippen molar-refractivity contribution in [3.63, 3.8) is 0 Å². The van der Waals surface area contributed by atoms with Gasteiger partial charge in [0.05, 0.1) is 10.9 Å². The maximum atomic E-state index is 12.2. The molecule has 5 nitrogen and oxygen atoms in total. The van der Waals surface area contributed by atoms with Crippen molar-refractivity contribution in [1.82, 2.24) is 9.62 Å². The van der Waals surface area contributed by atoms with Gasteiger partial charge in [0.2, 0.25) is 5.91 Å². The van der Waals surface area contributed by atoms with E-state index >= 15 is 0 Å². The molecule has 1 aromatic rings. The van der Waals surface area contributed by atoms with Gasteiger partial charge >= 0.3 is 0 Å². The van der Waals surface area contributed by atoms with Crippen molar-refractivity contribution in [2.24, 2.45) is 5.92 Å². The molecule has 0 saturated heterocycles. The van der Waals surface area contributed by atoms with Crippen LogP contribution in [0.25, 0.3) is 0 Å². The molecule has 1 rings (SSSR count). The van der Waals surface area contributed by atoms with Crippen molar-refractivity contribution < 1.29 is 13.2 Å². The number of nitrogens with one attached hydrogen (secondary N) is 1. The Morgan fingerprint density at radius 1 is 1.43 bits per heavy atom. The largest absolute Gasteiger partial charge is 0.355 e. The first-order chi connectivity index (χ1) is 9.73. The van der Waals surface area contributed by atoms with Crippen LogP contribution in [0.4, 0.5) is 0 Å². The molecule has 21 heavy (non-hydrogen) atoms. The first-order valence-electron chi connectivity index (χ1n) is 6.72. The number of nitrogens with zero attached hydrogens (tertiary/aromatic N) is 1. The summed E-state index contributed by atoms with van der Waals surface area (Å²) < 4.78 is 26.0. The van der Waals surface area contributed by atoms with Gasteiger partial charge in [-0.1, -0.05) is 25.4 Å². The predicted molar refractivity (Wildman–Crippen MR) is 86.2 cm³/mol. The zero-order chi connectivity index (χ0) is 16.0. The molecule has 1 amide bonds. The Hall–Kier alpha value is -0.630. The van der Waals surface area contributed by atoms with Crippen LogP contribution in [-0.4, -0.2) is 38.8 Å². The minimum atomic E-state index is -3.65. The van der Waals surface area contributed by atoms with E-state index in [1.165, 1.54) is 19.2 Å². The lowest BCUT2D eigenvalue weighted by Crippen LogP contribution is -2.38. The Balaban J connectivity index is 2.48. The van der Waals surface area contributed by atoms with E-state index in [4.69, 9.17) is 11.6 Å². The van der Waals surface area contributed by atoms with Crippen molar-refractivity contribution in [1.29, 1.82) is 0 Å². The van der Waals surface area contributed by atoms with Gasteiger partial charge in [0.15, 0.2) is 0 Å². The summed E-state index contributed by atoms with van der Waals surface area (Å²) in [6.07, 6.45) is 1.92. The van der Waals surface area contributed by atoms with Gasteiger partial charge in [0.1, 0.15) is 4.21 Å². The summed E-state index contributed by atoms with van der Waals surface area (Å²) in [5, 5.41) is 2.73. The summed E-state index contributed by atoms with van der Waals surface area (Å²) >= 11 is 6.72. The van der Waals surface area contributed by atoms with E-state index in [1.807, 2.05) is 0 Å². The molecule has 0 radical (unpaired) electrons. The second-order valence-corrected chi connectivity index (χ2v) is 9.19. The first kappa shape index (κ1) is 18.4. The molecule has 0 spiro atoms. The molecule has 0 aliphatic heterocycles. The number of hydrogen-bond acceptors (Lipinski definition) is 4. The Morgan fingerprint density at radius 3 is 2.62 bits per heavy atom. The van der Waals surface area contributed by atoms with Crippen LogP contribution in [-0.2, 0) is 14.8 Å². The standard InChI is InChI=1S/C13H21ClN2O3S2/c1-10(2)5-4-8-15-12(17)9-16(3)21(18,19)13-7-6-11(14)20-13/h6-7,10H,4-5,8-9H2,1-3H3,(H,15,17). The third kappa shape index (κ3) is 5.94. The fourth-order valence-corrected chi connectivity index (χ4v) is 4.49. The molecule has 0 unspecified atom stereocenters. The maximum absolute atomic E-state index is 12.2. The average molecular weight is 353 g/mol. The predicted octanol–water partition coefficient (Wildman–Crippen LogP) is 2.57. The third-order valence-corrected chi connectivity index (χ3v) is 6.36. The highest BCUT2D eigenvalue weighted by molar-refractivity contribution is 7.91. The lowest BCUT2D eigenvalue weighted by molar-refractivity contribution is -0.121. The van der Waals surface area contributed by atoms with E-state index in [2.05, 4.69) is 19.2 Å². The monoisotopic (exact) mass is 352 g/mol. The van der Waals surface area contributed by atoms with Gasteiger partial charge in [-0.25, -0.2) is 8.42 Å². The normalized spacial score (nSPS) is 12.1. The molecule has 1 aromatic heterocycles. The number of thiophene rings is 1. The summed E-state index contributed by atoms with van der Waals surface area (Å²) in [6, 6.07) is 2.97. The molecule has 0 aromatic carbocycles. The summed E-state index contributed by atoms with van der Waals surface area (Å²) in [7, 11) is -2.27. The van der Waals surface area contributed by atoms with Crippen LogP contribution in [0, 0.1) is 5.92 Å². The highest BCUT2D eigenvalue weighted by Gasteiger charge is 2.24. The van der Waals surface area contributed by atoms with E-state index in [9.17, 15) is 13.2 Å². The zero-order valence-corrected chi connectivity index (χ0v) is 14.8. The van der Waals surface area contributed by atoms with E-state index in [1.54, 1.807) is 0 Å². The van der Waals surface area contributed by atoms with Gasteiger partial charge in [-0.2, -0.15) is 4.31 Å². The van der Waals surface area contributed by atoms with Gasteiger partial charge in [-0.15, -0.1) is 11.3 Å². The smallest absolute Gasteiger partial charge is 0.252 e. The highest BCUT2D eigenvalue weighted by atomic mass is 35.5. The van der Waals surface area contributed by atoms with Crippen LogP contribution in [0.1, 0.15) is 26.7 Å². The molecule has 1 heterocycles. The Labute approximate surface area is 135 Å². The average Bonchev–Trinajstić information content (AvgIpc) is 2.81. The quantitative estimate of drug-likeness (QED) is 0.731. The summed E-state index contributed by atoms with van der Waals surface area (Å²) in [5.74, 6) is 0.293. The van der Waals surface area contributed by atoms with Crippen molar-refractivity contribution >= 4 is 38.9 Å². The van der Waals surface area contributed by atoms with Gasteiger partial charge in [-0.3, -0.25) is 4.79 Å². The fourth-order valence-electron chi connectivity index (χ4n) is 1.67. The number of amides is 1.